The van der Waals surface area contributed by atoms with E-state index in [0.29, 0.717) is 37.9 Å². The highest BCUT2D eigenvalue weighted by atomic mass is 16.2. The van der Waals surface area contributed by atoms with E-state index in [1.165, 1.54) is 37.7 Å². The SMILES string of the molecule is NCc1ccc(CNC(=O)[C@@H]2C[C@H](C3CCCCC3)CN2C(=O)[C@H](N)CCc2ccccc2)cc1.[HH]. The Morgan fingerprint density at radius 3 is 2.31 bits per heavy atom. The molecule has 190 valence electrons. The molecule has 0 radical (unpaired) electrons. The van der Waals surface area contributed by atoms with Crippen LogP contribution >= 0.6 is 0 Å². The van der Waals surface area contributed by atoms with Crippen LogP contribution in [0.1, 0.15) is 63.1 Å². The number of rotatable bonds is 9. The van der Waals surface area contributed by atoms with Crippen LogP contribution in [0.25, 0.3) is 0 Å². The van der Waals surface area contributed by atoms with Crippen molar-refractivity contribution in [2.45, 2.75) is 76.5 Å². The Morgan fingerprint density at radius 1 is 0.943 bits per heavy atom. The van der Waals surface area contributed by atoms with Crippen LogP contribution in [-0.2, 0) is 29.1 Å². The fourth-order valence-corrected chi connectivity index (χ4v) is 5.71. The summed E-state index contributed by atoms with van der Waals surface area (Å²) in [7, 11) is 0. The molecule has 6 heteroatoms. The van der Waals surface area contributed by atoms with E-state index in [1.807, 2.05) is 42.5 Å². The third kappa shape index (κ3) is 6.71. The van der Waals surface area contributed by atoms with Gasteiger partial charge in [0.05, 0.1) is 6.04 Å². The van der Waals surface area contributed by atoms with Crippen LogP contribution in [0.15, 0.2) is 54.6 Å². The van der Waals surface area contributed by atoms with Crippen LogP contribution in [0.3, 0.4) is 0 Å². The van der Waals surface area contributed by atoms with E-state index in [2.05, 4.69) is 17.4 Å². The second-order valence-corrected chi connectivity index (χ2v) is 10.3. The predicted molar refractivity (Wildman–Crippen MR) is 141 cm³/mol. The Morgan fingerprint density at radius 2 is 1.63 bits per heavy atom. The minimum absolute atomic E-state index is 0. The Hall–Kier alpha value is -2.70. The summed E-state index contributed by atoms with van der Waals surface area (Å²) in [6.07, 6.45) is 8.27. The zero-order valence-corrected chi connectivity index (χ0v) is 20.7. The molecule has 2 amide bonds. The van der Waals surface area contributed by atoms with Crippen LogP contribution in [-0.4, -0.2) is 35.3 Å². The molecule has 0 aromatic heterocycles. The smallest absolute Gasteiger partial charge is 0.243 e. The second kappa shape index (κ2) is 12.3. The number of likely N-dealkylation sites (tertiary alicyclic amines) is 1. The van der Waals surface area contributed by atoms with Crippen molar-refractivity contribution in [2.24, 2.45) is 23.3 Å². The van der Waals surface area contributed by atoms with Gasteiger partial charge in [-0.05, 0) is 47.8 Å². The number of carbonyl (C=O) groups is 2. The first-order valence-electron chi connectivity index (χ1n) is 13.2. The molecule has 2 aliphatic rings. The van der Waals surface area contributed by atoms with Crippen LogP contribution in [0.4, 0.5) is 0 Å². The average Bonchev–Trinajstić information content (AvgIpc) is 3.37. The van der Waals surface area contributed by atoms with Crippen LogP contribution in [0, 0.1) is 11.8 Å². The van der Waals surface area contributed by atoms with Crippen molar-refractivity contribution in [3.05, 3.63) is 71.3 Å². The number of amides is 2. The highest BCUT2D eigenvalue weighted by Crippen LogP contribution is 2.38. The van der Waals surface area contributed by atoms with E-state index in [-0.39, 0.29) is 13.2 Å². The van der Waals surface area contributed by atoms with Crippen molar-refractivity contribution in [2.75, 3.05) is 6.54 Å². The average molecular weight is 479 g/mol. The van der Waals surface area contributed by atoms with Gasteiger partial charge in [-0.3, -0.25) is 9.59 Å². The number of hydrogen-bond acceptors (Lipinski definition) is 4. The van der Waals surface area contributed by atoms with Gasteiger partial charge >= 0.3 is 0 Å². The van der Waals surface area contributed by atoms with Crippen molar-refractivity contribution in [3.8, 4) is 0 Å². The summed E-state index contributed by atoms with van der Waals surface area (Å²) in [5.41, 5.74) is 15.3. The van der Waals surface area contributed by atoms with Gasteiger partial charge in [-0.15, -0.1) is 0 Å². The number of carbonyl (C=O) groups excluding carboxylic acids is 2. The molecule has 1 aliphatic carbocycles. The summed E-state index contributed by atoms with van der Waals surface area (Å²) in [6.45, 7) is 1.58. The lowest BCUT2D eigenvalue weighted by atomic mass is 9.79. The summed E-state index contributed by atoms with van der Waals surface area (Å²) in [5, 5.41) is 3.08. The highest BCUT2D eigenvalue weighted by molar-refractivity contribution is 5.90. The van der Waals surface area contributed by atoms with E-state index in [0.717, 1.165) is 24.0 Å². The van der Waals surface area contributed by atoms with Gasteiger partial charge in [0.1, 0.15) is 6.04 Å². The van der Waals surface area contributed by atoms with Crippen molar-refractivity contribution >= 4 is 11.8 Å². The molecule has 0 unspecified atom stereocenters. The maximum Gasteiger partial charge on any atom is 0.243 e. The maximum absolute atomic E-state index is 13.5. The number of nitrogens with one attached hydrogen (secondary N) is 1. The summed E-state index contributed by atoms with van der Waals surface area (Å²) in [5.74, 6) is 0.808. The molecular weight excluding hydrogens is 436 g/mol. The van der Waals surface area contributed by atoms with Gasteiger partial charge in [0, 0.05) is 21.1 Å². The minimum atomic E-state index is -0.598. The molecule has 2 aromatic rings. The van der Waals surface area contributed by atoms with Crippen LogP contribution in [0.5, 0.6) is 0 Å². The van der Waals surface area contributed by atoms with Gasteiger partial charge in [-0.2, -0.15) is 0 Å². The molecule has 0 spiro atoms. The van der Waals surface area contributed by atoms with Gasteiger partial charge in [0.25, 0.3) is 0 Å². The van der Waals surface area contributed by atoms with Gasteiger partial charge in [0.2, 0.25) is 11.8 Å². The number of benzene rings is 2. The second-order valence-electron chi connectivity index (χ2n) is 10.3. The third-order valence-electron chi connectivity index (χ3n) is 7.87. The zero-order valence-electron chi connectivity index (χ0n) is 20.7. The lowest BCUT2D eigenvalue weighted by Crippen LogP contribution is -2.51. The normalized spacial score (nSPS) is 21.6. The molecule has 5 N–H and O–H groups in total. The van der Waals surface area contributed by atoms with Crippen molar-refractivity contribution in [3.63, 3.8) is 0 Å². The van der Waals surface area contributed by atoms with Gasteiger partial charge in [-0.1, -0.05) is 86.7 Å². The third-order valence-corrected chi connectivity index (χ3v) is 7.87. The standard InChI is InChI=1S/C29H40N4O2.H2/c30-18-22-11-13-23(14-12-22)19-32-28(34)27-17-25(24-9-5-2-6-10-24)20-33(27)29(35)26(31)16-15-21-7-3-1-4-8-21;/h1,3-4,7-8,11-14,24-27H,2,5-6,9-10,15-20,30-31H2,(H,32,34);1H/t25-,26+,27-;/m0./s1. The number of aryl methyl sites for hydroxylation is 1. The quantitative estimate of drug-likeness (QED) is 0.511. The monoisotopic (exact) mass is 478 g/mol. The number of nitrogens with zero attached hydrogens (tertiary/aromatic N) is 1. The van der Waals surface area contributed by atoms with Crippen molar-refractivity contribution in [1.82, 2.24) is 10.2 Å². The molecule has 1 aliphatic heterocycles. The number of nitrogens with two attached hydrogens (primary N) is 2. The molecule has 1 saturated heterocycles. The molecule has 1 heterocycles. The first-order valence-corrected chi connectivity index (χ1v) is 13.2. The first kappa shape index (κ1) is 25.4. The van der Waals surface area contributed by atoms with Crippen LogP contribution < -0.4 is 16.8 Å². The Labute approximate surface area is 210 Å². The zero-order chi connectivity index (χ0) is 24.6. The van der Waals surface area contributed by atoms with E-state index < -0.39 is 12.1 Å². The Bertz CT molecular complexity index is 963. The molecule has 3 atom stereocenters. The summed E-state index contributed by atoms with van der Waals surface area (Å²) >= 11 is 0. The Kier molecular flexibility index (Phi) is 8.94. The lowest BCUT2D eigenvalue weighted by Gasteiger charge is -2.28. The number of hydrogen-bond donors (Lipinski definition) is 3. The molecule has 35 heavy (non-hydrogen) atoms. The summed E-state index contributed by atoms with van der Waals surface area (Å²) in [6, 6.07) is 17.0. The van der Waals surface area contributed by atoms with Crippen molar-refractivity contribution < 1.29 is 11.0 Å². The Balaban J connectivity index is 0.00000361. The van der Waals surface area contributed by atoms with Gasteiger partial charge in [-0.25, -0.2) is 0 Å². The van der Waals surface area contributed by atoms with E-state index >= 15 is 0 Å². The lowest BCUT2D eigenvalue weighted by molar-refractivity contribution is -0.139. The largest absolute Gasteiger partial charge is 0.350 e. The molecule has 4 rings (SSSR count). The molecule has 2 fully saturated rings. The molecule has 2 aromatic carbocycles. The van der Waals surface area contributed by atoms with Crippen molar-refractivity contribution in [1.29, 1.82) is 0 Å². The van der Waals surface area contributed by atoms with E-state index in [4.69, 9.17) is 11.5 Å². The fourth-order valence-electron chi connectivity index (χ4n) is 5.71. The molecule has 1 saturated carbocycles. The predicted octanol–water partition coefficient (Wildman–Crippen LogP) is 3.77. The maximum atomic E-state index is 13.5. The summed E-state index contributed by atoms with van der Waals surface area (Å²) in [4.78, 5) is 28.6. The van der Waals surface area contributed by atoms with E-state index in [9.17, 15) is 9.59 Å². The highest BCUT2D eigenvalue weighted by Gasteiger charge is 2.43. The molecule has 6 nitrogen and oxygen atoms in total. The first-order chi connectivity index (χ1) is 17.0. The minimum Gasteiger partial charge on any atom is -0.350 e. The van der Waals surface area contributed by atoms with Gasteiger partial charge in [0.15, 0.2) is 0 Å². The topological polar surface area (TPSA) is 101 Å². The fraction of sp³-hybridized carbons (Fsp3) is 0.517. The molecule has 0 bridgehead atoms. The van der Waals surface area contributed by atoms with Crippen LogP contribution in [0.2, 0.25) is 0 Å². The summed E-state index contributed by atoms with van der Waals surface area (Å²) < 4.78 is 0. The van der Waals surface area contributed by atoms with E-state index in [1.54, 1.807) is 4.90 Å². The van der Waals surface area contributed by atoms with Gasteiger partial charge < -0.3 is 21.7 Å². The molecular formula is C29H42N4O2.